The van der Waals surface area contributed by atoms with Gasteiger partial charge >= 0.3 is 5.69 Å². The van der Waals surface area contributed by atoms with E-state index in [0.29, 0.717) is 17.1 Å². The molecule has 3 heterocycles. The van der Waals surface area contributed by atoms with Gasteiger partial charge in [0.2, 0.25) is 0 Å². The van der Waals surface area contributed by atoms with E-state index in [4.69, 9.17) is 0 Å². The molecular formula is C14H13N5O3. The van der Waals surface area contributed by atoms with Gasteiger partial charge in [-0.05, 0) is 19.1 Å². The number of Topliss-reactive ketones (excluding diaryl/α,β-unsaturated/α-hetero) is 1. The molecule has 3 aromatic rings. The summed E-state index contributed by atoms with van der Waals surface area (Å²) in [6, 6.07) is 3.27. The molecule has 3 aromatic heterocycles. The topological polar surface area (TPSA) is 103 Å². The molecule has 0 unspecified atom stereocenters. The molecule has 0 aromatic carbocycles. The third kappa shape index (κ3) is 1.96. The number of carbonyl (C=O) groups is 1. The molecule has 0 aliphatic carbocycles. The predicted octanol–water partition coefficient (Wildman–Crippen LogP) is 0.225. The Morgan fingerprint density at radius 1 is 1.18 bits per heavy atom. The Kier molecular flexibility index (Phi) is 3.01. The summed E-state index contributed by atoms with van der Waals surface area (Å²) in [6.45, 7) is 1.46. The average Bonchev–Trinajstić information content (AvgIpc) is 2.96. The van der Waals surface area contributed by atoms with Gasteiger partial charge in [-0.2, -0.15) is 0 Å². The summed E-state index contributed by atoms with van der Waals surface area (Å²) in [7, 11) is 2.95. The lowest BCUT2D eigenvalue weighted by atomic mass is 10.2. The zero-order chi connectivity index (χ0) is 16.0. The van der Waals surface area contributed by atoms with Crippen molar-refractivity contribution in [1.82, 2.24) is 24.1 Å². The van der Waals surface area contributed by atoms with Crippen LogP contribution in [0.3, 0.4) is 0 Å². The van der Waals surface area contributed by atoms with Gasteiger partial charge in [-0.3, -0.25) is 23.7 Å². The van der Waals surface area contributed by atoms with E-state index in [-0.39, 0.29) is 16.9 Å². The summed E-state index contributed by atoms with van der Waals surface area (Å²) in [5, 5.41) is 0. The summed E-state index contributed by atoms with van der Waals surface area (Å²) < 4.78 is 2.30. The van der Waals surface area contributed by atoms with Gasteiger partial charge in [0.1, 0.15) is 11.2 Å². The third-order valence-electron chi connectivity index (χ3n) is 3.51. The molecule has 8 heteroatoms. The van der Waals surface area contributed by atoms with Crippen LogP contribution in [0.4, 0.5) is 0 Å². The number of imidazole rings is 1. The van der Waals surface area contributed by atoms with E-state index in [0.717, 1.165) is 4.57 Å². The number of hydrogen-bond acceptors (Lipinski definition) is 5. The number of hydrogen-bond donors (Lipinski definition) is 1. The third-order valence-corrected chi connectivity index (χ3v) is 3.51. The normalized spacial score (nSPS) is 11.0. The fourth-order valence-electron chi connectivity index (χ4n) is 2.19. The van der Waals surface area contributed by atoms with E-state index in [1.807, 2.05) is 0 Å². The van der Waals surface area contributed by atoms with Crippen LogP contribution in [0.15, 0.2) is 27.9 Å². The number of rotatable bonds is 2. The zero-order valence-corrected chi connectivity index (χ0v) is 12.2. The first-order valence-corrected chi connectivity index (χ1v) is 6.53. The Hall–Kier alpha value is -3.03. The minimum absolute atomic E-state index is 0.0834. The van der Waals surface area contributed by atoms with Gasteiger partial charge in [-0.25, -0.2) is 9.78 Å². The number of ketones is 1. The van der Waals surface area contributed by atoms with Gasteiger partial charge in [0.25, 0.3) is 5.56 Å². The van der Waals surface area contributed by atoms with E-state index in [9.17, 15) is 14.4 Å². The second kappa shape index (κ2) is 4.76. The fourth-order valence-corrected chi connectivity index (χ4v) is 2.19. The summed E-state index contributed by atoms with van der Waals surface area (Å²) in [5.74, 6) is 0.281. The van der Waals surface area contributed by atoms with Gasteiger partial charge in [0.05, 0.1) is 0 Å². The maximum atomic E-state index is 12.1. The molecule has 0 aliphatic heterocycles. The van der Waals surface area contributed by atoms with Crippen molar-refractivity contribution < 1.29 is 4.79 Å². The van der Waals surface area contributed by atoms with E-state index in [1.165, 1.54) is 24.7 Å². The zero-order valence-electron chi connectivity index (χ0n) is 12.2. The Labute approximate surface area is 124 Å². The summed E-state index contributed by atoms with van der Waals surface area (Å²) in [5.41, 5.74) is 0.573. The van der Waals surface area contributed by atoms with Crippen molar-refractivity contribution in [3.8, 4) is 11.5 Å². The maximum Gasteiger partial charge on any atom is 0.332 e. The molecule has 1 N–H and O–H groups in total. The van der Waals surface area contributed by atoms with Crippen molar-refractivity contribution in [1.29, 1.82) is 0 Å². The molecule has 112 valence electrons. The SMILES string of the molecule is CC(=O)c1ccc(-c2nc3c([nH]2)c(=O)n(C)c(=O)n3C)nc1. The highest BCUT2D eigenvalue weighted by Gasteiger charge is 2.15. The molecule has 0 aliphatic rings. The predicted molar refractivity (Wildman–Crippen MR) is 79.8 cm³/mol. The second-order valence-electron chi connectivity index (χ2n) is 4.98. The molecule has 3 rings (SSSR count). The number of nitrogens with one attached hydrogen (secondary N) is 1. The molecule has 0 amide bonds. The lowest BCUT2D eigenvalue weighted by Crippen LogP contribution is -2.36. The largest absolute Gasteiger partial charge is 0.332 e. The number of fused-ring (bicyclic) bond motifs is 1. The van der Waals surface area contributed by atoms with E-state index < -0.39 is 11.2 Å². The van der Waals surface area contributed by atoms with Crippen LogP contribution in [0.5, 0.6) is 0 Å². The number of nitrogens with zero attached hydrogens (tertiary/aromatic N) is 4. The first-order valence-electron chi connectivity index (χ1n) is 6.53. The van der Waals surface area contributed by atoms with Crippen LogP contribution < -0.4 is 11.2 Å². The van der Waals surface area contributed by atoms with Crippen LogP contribution in [0, 0.1) is 0 Å². The fraction of sp³-hybridized carbons (Fsp3) is 0.214. The highest BCUT2D eigenvalue weighted by molar-refractivity contribution is 5.93. The standard InChI is InChI=1S/C14H13N5O3/c1-7(20)8-4-5-9(15-6-8)11-16-10-12(17-11)18(2)14(22)19(3)13(10)21/h4-6H,1-3H3,(H,16,17). The number of aromatic amines is 1. The van der Waals surface area contributed by atoms with Crippen molar-refractivity contribution in [2.45, 2.75) is 6.92 Å². The summed E-state index contributed by atoms with van der Waals surface area (Å²) in [4.78, 5) is 46.6. The highest BCUT2D eigenvalue weighted by atomic mass is 16.2. The summed E-state index contributed by atoms with van der Waals surface area (Å²) in [6.07, 6.45) is 1.45. The van der Waals surface area contributed by atoms with E-state index in [2.05, 4.69) is 15.0 Å². The molecule has 0 saturated carbocycles. The number of H-pyrrole nitrogens is 1. The smallest absolute Gasteiger partial charge is 0.331 e. The molecule has 0 saturated heterocycles. The lowest BCUT2D eigenvalue weighted by Gasteiger charge is -2.00. The molecule has 0 atom stereocenters. The van der Waals surface area contributed by atoms with Crippen LogP contribution in [-0.4, -0.2) is 29.9 Å². The number of pyridine rings is 1. The molecule has 22 heavy (non-hydrogen) atoms. The van der Waals surface area contributed by atoms with Crippen molar-refractivity contribution in [2.75, 3.05) is 0 Å². The van der Waals surface area contributed by atoms with Crippen LogP contribution >= 0.6 is 0 Å². The lowest BCUT2D eigenvalue weighted by molar-refractivity contribution is 0.101. The molecule has 0 radical (unpaired) electrons. The average molecular weight is 299 g/mol. The number of carbonyl (C=O) groups excluding carboxylic acids is 1. The van der Waals surface area contributed by atoms with E-state index in [1.54, 1.807) is 19.2 Å². The van der Waals surface area contributed by atoms with Crippen molar-refractivity contribution >= 4 is 16.9 Å². The van der Waals surface area contributed by atoms with Gasteiger partial charge in [-0.15, -0.1) is 0 Å². The molecular weight excluding hydrogens is 286 g/mol. The van der Waals surface area contributed by atoms with Gasteiger partial charge in [-0.1, -0.05) is 0 Å². The Bertz CT molecular complexity index is 1010. The van der Waals surface area contributed by atoms with Gasteiger partial charge < -0.3 is 4.98 Å². The Morgan fingerprint density at radius 3 is 2.50 bits per heavy atom. The minimum Gasteiger partial charge on any atom is -0.331 e. The van der Waals surface area contributed by atoms with Crippen molar-refractivity contribution in [3.63, 3.8) is 0 Å². The first-order chi connectivity index (χ1) is 10.4. The maximum absolute atomic E-state index is 12.1. The second-order valence-corrected chi connectivity index (χ2v) is 4.98. The number of aromatic nitrogens is 5. The Morgan fingerprint density at radius 2 is 1.91 bits per heavy atom. The van der Waals surface area contributed by atoms with Crippen LogP contribution in [-0.2, 0) is 14.1 Å². The monoisotopic (exact) mass is 299 g/mol. The van der Waals surface area contributed by atoms with Crippen LogP contribution in [0.1, 0.15) is 17.3 Å². The molecule has 0 spiro atoms. The van der Waals surface area contributed by atoms with Crippen molar-refractivity contribution in [3.05, 3.63) is 44.7 Å². The van der Waals surface area contributed by atoms with E-state index >= 15 is 0 Å². The van der Waals surface area contributed by atoms with Crippen LogP contribution in [0.2, 0.25) is 0 Å². The Balaban J connectivity index is 2.23. The first kappa shape index (κ1) is 13.9. The van der Waals surface area contributed by atoms with Crippen molar-refractivity contribution in [2.24, 2.45) is 14.1 Å². The van der Waals surface area contributed by atoms with Gasteiger partial charge in [0, 0.05) is 25.9 Å². The van der Waals surface area contributed by atoms with Crippen LogP contribution in [0.25, 0.3) is 22.7 Å². The highest BCUT2D eigenvalue weighted by Crippen LogP contribution is 2.16. The molecule has 0 bridgehead atoms. The summed E-state index contributed by atoms with van der Waals surface area (Å²) >= 11 is 0. The molecule has 0 fully saturated rings. The minimum atomic E-state index is -0.449. The molecule has 8 nitrogen and oxygen atoms in total. The quantitative estimate of drug-likeness (QED) is 0.682. The van der Waals surface area contributed by atoms with Gasteiger partial charge in [0.15, 0.2) is 17.3 Å². The number of aryl methyl sites for hydroxylation is 1.